The minimum Gasteiger partial charge on any atom is -0.351 e. The van der Waals surface area contributed by atoms with Gasteiger partial charge in [-0.15, -0.1) is 10.2 Å². The maximum absolute atomic E-state index is 12.9. The Kier molecular flexibility index (Phi) is 5.83. The van der Waals surface area contributed by atoms with Crippen LogP contribution in [0.1, 0.15) is 53.5 Å². The van der Waals surface area contributed by atoms with E-state index in [1.54, 1.807) is 0 Å². The lowest BCUT2D eigenvalue weighted by atomic mass is 10.2. The van der Waals surface area contributed by atoms with E-state index in [0.717, 1.165) is 46.3 Å². The number of hydrogen-bond acceptors (Lipinski definition) is 4. The molecule has 2 aromatic heterocycles. The fourth-order valence-corrected chi connectivity index (χ4v) is 5.15. The molecule has 4 rings (SSSR count). The molecule has 0 atom stereocenters. The lowest BCUT2D eigenvalue weighted by Crippen LogP contribution is -2.10. The highest BCUT2D eigenvalue weighted by molar-refractivity contribution is 7.99. The van der Waals surface area contributed by atoms with Crippen LogP contribution in [0.4, 0.5) is 0 Å². The zero-order chi connectivity index (χ0) is 20.5. The molecule has 0 spiro atoms. The van der Waals surface area contributed by atoms with Gasteiger partial charge in [-0.05, 0) is 44.9 Å². The number of carbonyl (C=O) groups excluding carboxylic acids is 1. The van der Waals surface area contributed by atoms with Crippen molar-refractivity contribution in [2.24, 2.45) is 7.05 Å². The minimum atomic E-state index is 0.122. The van der Waals surface area contributed by atoms with Crippen LogP contribution in [0, 0.1) is 13.8 Å². The Bertz CT molecular complexity index is 1050. The Hall–Kier alpha value is -2.05. The summed E-state index contributed by atoms with van der Waals surface area (Å²) in [4.78, 5) is 12.9. The predicted molar refractivity (Wildman–Crippen MR) is 118 cm³/mol. The number of nitrogens with zero attached hydrogens (tertiary/aromatic N) is 4. The van der Waals surface area contributed by atoms with E-state index in [1.165, 1.54) is 24.6 Å². The van der Waals surface area contributed by atoms with E-state index in [1.807, 2.05) is 51.2 Å². The molecule has 0 aliphatic heterocycles. The molecule has 0 amide bonds. The van der Waals surface area contributed by atoms with Crippen LogP contribution in [0.5, 0.6) is 0 Å². The summed E-state index contributed by atoms with van der Waals surface area (Å²) in [5, 5.41) is 10.4. The van der Waals surface area contributed by atoms with Gasteiger partial charge in [0.2, 0.25) is 0 Å². The second-order valence-electron chi connectivity index (χ2n) is 7.65. The van der Waals surface area contributed by atoms with Crippen LogP contribution >= 0.6 is 23.4 Å². The molecule has 1 aliphatic rings. The zero-order valence-corrected chi connectivity index (χ0v) is 18.6. The van der Waals surface area contributed by atoms with Crippen molar-refractivity contribution in [3.63, 3.8) is 0 Å². The second kappa shape index (κ2) is 8.36. The number of thioether (sulfide) groups is 1. The SMILES string of the molecule is Cc1cc(C(=O)CSc2nnc(-c3ccccc3Cl)n2C2CCCC2)c(C)n1C. The van der Waals surface area contributed by atoms with E-state index in [4.69, 9.17) is 11.6 Å². The first kappa shape index (κ1) is 20.2. The average molecular weight is 429 g/mol. The van der Waals surface area contributed by atoms with E-state index in [9.17, 15) is 4.79 Å². The summed E-state index contributed by atoms with van der Waals surface area (Å²) in [6, 6.07) is 10.1. The fraction of sp³-hybridized carbons (Fsp3) is 0.409. The molecule has 0 N–H and O–H groups in total. The quantitative estimate of drug-likeness (QED) is 0.376. The normalized spacial score (nSPS) is 14.6. The number of ketones is 1. The predicted octanol–water partition coefficient (Wildman–Crippen LogP) is 5.64. The fourth-order valence-electron chi connectivity index (χ4n) is 4.04. The van der Waals surface area contributed by atoms with Gasteiger partial charge in [-0.25, -0.2) is 0 Å². The Labute approximate surface area is 180 Å². The average Bonchev–Trinajstić information content (AvgIpc) is 3.43. The molecule has 29 heavy (non-hydrogen) atoms. The van der Waals surface area contributed by atoms with Gasteiger partial charge in [0.1, 0.15) is 0 Å². The number of rotatable bonds is 6. The molecule has 3 aromatic rings. The van der Waals surface area contributed by atoms with Gasteiger partial charge in [0.25, 0.3) is 0 Å². The molecule has 0 saturated heterocycles. The van der Waals surface area contributed by atoms with Gasteiger partial charge >= 0.3 is 0 Å². The lowest BCUT2D eigenvalue weighted by Gasteiger charge is -2.17. The highest BCUT2D eigenvalue weighted by atomic mass is 35.5. The van der Waals surface area contributed by atoms with Crippen molar-refractivity contribution in [3.8, 4) is 11.4 Å². The third-order valence-corrected chi connectivity index (χ3v) is 7.15. The van der Waals surface area contributed by atoms with E-state index in [2.05, 4.69) is 19.3 Å². The van der Waals surface area contributed by atoms with Crippen LogP contribution in [0.15, 0.2) is 35.5 Å². The third kappa shape index (κ3) is 3.88. The highest BCUT2D eigenvalue weighted by Gasteiger charge is 2.26. The van der Waals surface area contributed by atoms with E-state index in [-0.39, 0.29) is 5.78 Å². The van der Waals surface area contributed by atoms with Crippen LogP contribution in [0.3, 0.4) is 0 Å². The molecule has 0 radical (unpaired) electrons. The summed E-state index contributed by atoms with van der Waals surface area (Å²) in [5.41, 5.74) is 3.77. The number of aryl methyl sites for hydroxylation is 1. The summed E-state index contributed by atoms with van der Waals surface area (Å²) >= 11 is 7.91. The number of halogens is 1. The largest absolute Gasteiger partial charge is 0.351 e. The van der Waals surface area contributed by atoms with E-state index in [0.29, 0.717) is 16.8 Å². The molecule has 2 heterocycles. The molecule has 1 saturated carbocycles. The van der Waals surface area contributed by atoms with Gasteiger partial charge in [0.05, 0.1) is 10.8 Å². The van der Waals surface area contributed by atoms with Crippen molar-refractivity contribution in [1.29, 1.82) is 0 Å². The highest BCUT2D eigenvalue weighted by Crippen LogP contribution is 2.38. The Morgan fingerprint density at radius 2 is 1.93 bits per heavy atom. The lowest BCUT2D eigenvalue weighted by molar-refractivity contribution is 0.102. The van der Waals surface area contributed by atoms with Crippen LogP contribution < -0.4 is 0 Å². The molecule has 7 heteroatoms. The molecule has 5 nitrogen and oxygen atoms in total. The van der Waals surface area contributed by atoms with Gasteiger partial charge in [-0.1, -0.05) is 48.3 Å². The molecular formula is C22H25ClN4OS. The second-order valence-corrected chi connectivity index (χ2v) is 9.00. The topological polar surface area (TPSA) is 52.7 Å². The van der Waals surface area contributed by atoms with Gasteiger partial charge < -0.3 is 4.57 Å². The Morgan fingerprint density at radius 1 is 1.21 bits per heavy atom. The number of hydrogen-bond donors (Lipinski definition) is 0. The smallest absolute Gasteiger partial charge is 0.192 e. The van der Waals surface area contributed by atoms with Crippen molar-refractivity contribution < 1.29 is 4.79 Å². The monoisotopic (exact) mass is 428 g/mol. The molecule has 1 fully saturated rings. The molecule has 1 aromatic carbocycles. The van der Waals surface area contributed by atoms with Crippen molar-refractivity contribution >= 4 is 29.1 Å². The molecular weight excluding hydrogens is 404 g/mol. The molecule has 152 valence electrons. The van der Waals surface area contributed by atoms with Gasteiger partial charge in [0, 0.05) is 35.6 Å². The number of benzene rings is 1. The van der Waals surface area contributed by atoms with E-state index >= 15 is 0 Å². The Morgan fingerprint density at radius 3 is 2.59 bits per heavy atom. The van der Waals surface area contributed by atoms with Crippen LogP contribution in [-0.4, -0.2) is 30.9 Å². The van der Waals surface area contributed by atoms with Crippen LogP contribution in [-0.2, 0) is 7.05 Å². The molecule has 0 unspecified atom stereocenters. The van der Waals surface area contributed by atoms with Gasteiger partial charge in [-0.3, -0.25) is 9.36 Å². The number of aromatic nitrogens is 4. The number of carbonyl (C=O) groups is 1. The molecule has 0 bridgehead atoms. The first-order valence-corrected chi connectivity index (χ1v) is 11.3. The first-order valence-electron chi connectivity index (χ1n) is 9.96. The summed E-state index contributed by atoms with van der Waals surface area (Å²) < 4.78 is 4.25. The standard InChI is InChI=1S/C22H25ClN4OS/c1-14-12-18(15(2)26(14)3)20(28)13-29-22-25-24-21(17-10-6-7-11-19(17)23)27(22)16-8-4-5-9-16/h6-7,10-12,16H,4-5,8-9,13H2,1-3H3. The summed E-state index contributed by atoms with van der Waals surface area (Å²) in [7, 11) is 1.99. The minimum absolute atomic E-state index is 0.122. The van der Waals surface area contributed by atoms with Crippen molar-refractivity contribution in [1.82, 2.24) is 19.3 Å². The summed E-state index contributed by atoms with van der Waals surface area (Å²) in [5.74, 6) is 1.26. The first-order chi connectivity index (χ1) is 14.0. The van der Waals surface area contributed by atoms with Gasteiger partial charge in [-0.2, -0.15) is 0 Å². The van der Waals surface area contributed by atoms with E-state index < -0.39 is 0 Å². The van der Waals surface area contributed by atoms with Crippen LogP contribution in [0.2, 0.25) is 5.02 Å². The van der Waals surface area contributed by atoms with Gasteiger partial charge in [0.15, 0.2) is 16.8 Å². The van der Waals surface area contributed by atoms with Crippen molar-refractivity contribution in [2.75, 3.05) is 5.75 Å². The zero-order valence-electron chi connectivity index (χ0n) is 17.0. The van der Waals surface area contributed by atoms with Crippen molar-refractivity contribution in [3.05, 3.63) is 52.3 Å². The van der Waals surface area contributed by atoms with Crippen molar-refractivity contribution in [2.45, 2.75) is 50.7 Å². The summed E-state index contributed by atoms with van der Waals surface area (Å²) in [6.07, 6.45) is 4.62. The Balaban J connectivity index is 1.63. The maximum atomic E-state index is 12.9. The third-order valence-electron chi connectivity index (χ3n) is 5.88. The van der Waals surface area contributed by atoms with Crippen LogP contribution in [0.25, 0.3) is 11.4 Å². The number of Topliss-reactive ketones (excluding diaryl/α,β-unsaturated/α-hetero) is 1. The summed E-state index contributed by atoms with van der Waals surface area (Å²) in [6.45, 7) is 4.00. The maximum Gasteiger partial charge on any atom is 0.192 e. The molecule has 1 aliphatic carbocycles.